The molecule has 0 unspecified atom stereocenters. The van der Waals surface area contributed by atoms with E-state index >= 15 is 0 Å². The Balaban J connectivity index is 1.67. The Morgan fingerprint density at radius 2 is 1.83 bits per heavy atom. The average molecular weight is 332 g/mol. The predicted octanol–water partition coefficient (Wildman–Crippen LogP) is 3.50. The molecule has 2 aromatic heterocycles. The standard InChI is InChI=1S/C16H18F2N6/c1-2-9-19-12-5-3-11(4-6-12)10-20-13-7-8-14-21-22-16(15(17)18)24(14)23-13/h3-8,15,19H,2,9-10H2,1H3,(H,20,23). The minimum atomic E-state index is -2.72. The van der Waals surface area contributed by atoms with Gasteiger partial charge in [0.1, 0.15) is 5.82 Å². The zero-order valence-corrected chi connectivity index (χ0v) is 13.2. The molecule has 6 nitrogen and oxygen atoms in total. The molecule has 0 spiro atoms. The van der Waals surface area contributed by atoms with Crippen molar-refractivity contribution in [3.05, 3.63) is 47.8 Å². The number of nitrogens with one attached hydrogen (secondary N) is 2. The normalized spacial score (nSPS) is 11.2. The van der Waals surface area contributed by atoms with Gasteiger partial charge in [-0.05, 0) is 36.2 Å². The van der Waals surface area contributed by atoms with Crippen molar-refractivity contribution in [2.45, 2.75) is 26.3 Å². The van der Waals surface area contributed by atoms with Gasteiger partial charge in [0, 0.05) is 18.8 Å². The van der Waals surface area contributed by atoms with E-state index in [4.69, 9.17) is 0 Å². The zero-order chi connectivity index (χ0) is 16.9. The molecule has 0 saturated carbocycles. The fraction of sp³-hybridized carbons (Fsp3) is 0.312. The lowest BCUT2D eigenvalue weighted by atomic mass is 10.2. The second-order valence-electron chi connectivity index (χ2n) is 5.32. The number of nitrogens with zero attached hydrogens (tertiary/aromatic N) is 4. The highest BCUT2D eigenvalue weighted by atomic mass is 19.3. The lowest BCUT2D eigenvalue weighted by Crippen LogP contribution is -2.06. The van der Waals surface area contributed by atoms with E-state index in [0.717, 1.165) is 28.7 Å². The van der Waals surface area contributed by atoms with Gasteiger partial charge in [-0.15, -0.1) is 15.3 Å². The van der Waals surface area contributed by atoms with Gasteiger partial charge >= 0.3 is 0 Å². The lowest BCUT2D eigenvalue weighted by molar-refractivity contribution is 0.137. The number of benzene rings is 1. The summed E-state index contributed by atoms with van der Waals surface area (Å²) in [6.07, 6.45) is -1.65. The van der Waals surface area contributed by atoms with E-state index in [2.05, 4.69) is 32.9 Å². The summed E-state index contributed by atoms with van der Waals surface area (Å²) in [5.74, 6) is 0.0254. The topological polar surface area (TPSA) is 67.1 Å². The second kappa shape index (κ2) is 7.20. The summed E-state index contributed by atoms with van der Waals surface area (Å²) >= 11 is 0. The van der Waals surface area contributed by atoms with Crippen molar-refractivity contribution >= 4 is 17.2 Å². The van der Waals surface area contributed by atoms with Gasteiger partial charge in [0.25, 0.3) is 6.43 Å². The van der Waals surface area contributed by atoms with Gasteiger partial charge in [-0.2, -0.15) is 4.52 Å². The van der Waals surface area contributed by atoms with Gasteiger partial charge in [-0.1, -0.05) is 19.1 Å². The molecule has 0 aliphatic rings. The van der Waals surface area contributed by atoms with Gasteiger partial charge in [0.15, 0.2) is 5.65 Å². The molecule has 2 N–H and O–H groups in total. The number of rotatable bonds is 7. The van der Waals surface area contributed by atoms with E-state index in [1.54, 1.807) is 12.1 Å². The van der Waals surface area contributed by atoms with E-state index < -0.39 is 12.2 Å². The molecule has 0 aliphatic carbocycles. The quantitative estimate of drug-likeness (QED) is 0.693. The van der Waals surface area contributed by atoms with Gasteiger partial charge in [0.2, 0.25) is 5.82 Å². The molecule has 2 heterocycles. The van der Waals surface area contributed by atoms with E-state index in [-0.39, 0.29) is 0 Å². The van der Waals surface area contributed by atoms with Gasteiger partial charge in [0.05, 0.1) is 0 Å². The highest BCUT2D eigenvalue weighted by Crippen LogP contribution is 2.18. The largest absolute Gasteiger partial charge is 0.385 e. The van der Waals surface area contributed by atoms with Crippen LogP contribution in [0.1, 0.15) is 31.2 Å². The molecule has 0 amide bonds. The molecule has 3 aromatic rings. The summed E-state index contributed by atoms with van der Waals surface area (Å²) in [5, 5.41) is 17.7. The minimum absolute atomic E-state index is 0.294. The third kappa shape index (κ3) is 3.58. The summed E-state index contributed by atoms with van der Waals surface area (Å²) < 4.78 is 26.8. The van der Waals surface area contributed by atoms with Crippen molar-refractivity contribution in [2.24, 2.45) is 0 Å². The van der Waals surface area contributed by atoms with Crippen molar-refractivity contribution in [2.75, 3.05) is 17.2 Å². The SMILES string of the molecule is CCCNc1ccc(CNc2ccc3nnc(C(F)F)n3n2)cc1. The van der Waals surface area contributed by atoms with E-state index in [0.29, 0.717) is 18.0 Å². The van der Waals surface area contributed by atoms with Crippen LogP contribution < -0.4 is 10.6 Å². The predicted molar refractivity (Wildman–Crippen MR) is 88.3 cm³/mol. The lowest BCUT2D eigenvalue weighted by Gasteiger charge is -2.08. The average Bonchev–Trinajstić information content (AvgIpc) is 3.02. The van der Waals surface area contributed by atoms with Crippen molar-refractivity contribution in [3.63, 3.8) is 0 Å². The maximum absolute atomic E-state index is 12.8. The maximum atomic E-state index is 12.8. The van der Waals surface area contributed by atoms with Crippen molar-refractivity contribution in [1.82, 2.24) is 19.8 Å². The molecule has 0 atom stereocenters. The molecule has 0 bridgehead atoms. The van der Waals surface area contributed by atoms with Crippen molar-refractivity contribution in [1.29, 1.82) is 0 Å². The molecular weight excluding hydrogens is 314 g/mol. The first-order valence-corrected chi connectivity index (χ1v) is 7.74. The molecule has 1 aromatic carbocycles. The molecular formula is C16H18F2N6. The van der Waals surface area contributed by atoms with Crippen LogP contribution in [0.2, 0.25) is 0 Å². The Kier molecular flexibility index (Phi) is 4.83. The van der Waals surface area contributed by atoms with Crippen LogP contribution in [0.5, 0.6) is 0 Å². The summed E-state index contributed by atoms with van der Waals surface area (Å²) in [5.41, 5.74) is 2.44. The number of hydrogen-bond acceptors (Lipinski definition) is 5. The Morgan fingerprint density at radius 1 is 1.04 bits per heavy atom. The summed E-state index contributed by atoms with van der Waals surface area (Å²) in [4.78, 5) is 0. The smallest absolute Gasteiger partial charge is 0.299 e. The molecule has 0 saturated heterocycles. The van der Waals surface area contributed by atoms with E-state index in [9.17, 15) is 8.78 Å². The van der Waals surface area contributed by atoms with Gasteiger partial charge in [-0.3, -0.25) is 0 Å². The van der Waals surface area contributed by atoms with Crippen molar-refractivity contribution in [3.8, 4) is 0 Å². The third-order valence-corrected chi connectivity index (χ3v) is 3.49. The van der Waals surface area contributed by atoms with Crippen LogP contribution in [-0.2, 0) is 6.54 Å². The first-order chi connectivity index (χ1) is 11.7. The zero-order valence-electron chi connectivity index (χ0n) is 13.2. The van der Waals surface area contributed by atoms with Crippen molar-refractivity contribution < 1.29 is 8.78 Å². The highest BCUT2D eigenvalue weighted by molar-refractivity contribution is 5.47. The highest BCUT2D eigenvalue weighted by Gasteiger charge is 2.16. The fourth-order valence-corrected chi connectivity index (χ4v) is 2.24. The van der Waals surface area contributed by atoms with Crippen LogP contribution >= 0.6 is 0 Å². The van der Waals surface area contributed by atoms with Gasteiger partial charge < -0.3 is 10.6 Å². The Labute approximate surface area is 137 Å². The monoisotopic (exact) mass is 332 g/mol. The Morgan fingerprint density at radius 3 is 2.54 bits per heavy atom. The van der Waals surface area contributed by atoms with E-state index in [1.165, 1.54) is 0 Å². The minimum Gasteiger partial charge on any atom is -0.385 e. The molecule has 0 aliphatic heterocycles. The number of halogens is 2. The number of fused-ring (bicyclic) bond motifs is 1. The Hall–Kier alpha value is -2.77. The van der Waals surface area contributed by atoms with Crippen LogP contribution in [0.3, 0.4) is 0 Å². The molecule has 126 valence electrons. The summed E-state index contributed by atoms with van der Waals surface area (Å²) in [6.45, 7) is 3.59. The first kappa shape index (κ1) is 16.1. The molecule has 0 fully saturated rings. The fourth-order valence-electron chi connectivity index (χ4n) is 2.24. The van der Waals surface area contributed by atoms with Gasteiger partial charge in [-0.25, -0.2) is 8.78 Å². The molecule has 0 radical (unpaired) electrons. The maximum Gasteiger partial charge on any atom is 0.299 e. The Bertz CT molecular complexity index is 800. The number of hydrogen-bond donors (Lipinski definition) is 2. The van der Waals surface area contributed by atoms with E-state index in [1.807, 2.05) is 24.3 Å². The summed E-state index contributed by atoms with van der Waals surface area (Å²) in [7, 11) is 0. The van der Waals surface area contributed by atoms with Crippen LogP contribution in [0.15, 0.2) is 36.4 Å². The summed E-state index contributed by atoms with van der Waals surface area (Å²) in [6, 6.07) is 11.3. The molecule has 8 heteroatoms. The second-order valence-corrected chi connectivity index (χ2v) is 5.32. The number of anilines is 2. The molecule has 3 rings (SSSR count). The first-order valence-electron chi connectivity index (χ1n) is 7.74. The van der Waals surface area contributed by atoms with Crippen LogP contribution in [0.4, 0.5) is 20.3 Å². The third-order valence-electron chi connectivity index (χ3n) is 3.49. The van der Waals surface area contributed by atoms with Crippen LogP contribution in [0.25, 0.3) is 5.65 Å². The number of alkyl halides is 2. The van der Waals surface area contributed by atoms with Crippen LogP contribution in [0, 0.1) is 0 Å². The number of aromatic nitrogens is 4. The van der Waals surface area contributed by atoms with Crippen LogP contribution in [-0.4, -0.2) is 26.4 Å². The molecule has 24 heavy (non-hydrogen) atoms.